The van der Waals surface area contributed by atoms with Crippen LogP contribution in [0.15, 0.2) is 0 Å². The molecule has 1 atom stereocenters. The number of aliphatic hydroxyl groups is 1. The Morgan fingerprint density at radius 1 is 1.71 bits per heavy atom. The molecule has 0 aliphatic heterocycles. The van der Waals surface area contributed by atoms with Crippen molar-refractivity contribution >= 4 is 0 Å². The molecule has 0 aliphatic rings. The normalized spacial score (nSPS) is 14.3. The van der Waals surface area contributed by atoms with Crippen LogP contribution in [-0.2, 0) is 16.0 Å². The van der Waals surface area contributed by atoms with Crippen LogP contribution in [0, 0.1) is 0 Å². The van der Waals surface area contributed by atoms with Crippen LogP contribution in [0.5, 0.6) is 0 Å². The first-order valence-electron chi connectivity index (χ1n) is 2.48. The van der Waals surface area contributed by atoms with Crippen molar-refractivity contribution in [1.29, 1.82) is 0 Å². The Kier molecular flexibility index (Phi) is 4.95. The van der Waals surface area contributed by atoms with Crippen molar-refractivity contribution in [3.05, 3.63) is 0 Å². The first kappa shape index (κ1) is 7.48. The average Bonchev–Trinajstić information content (AvgIpc) is 1.61. The van der Waals surface area contributed by atoms with Gasteiger partial charge in [-0.1, -0.05) is 0 Å². The van der Waals surface area contributed by atoms with Crippen LogP contribution in [0.4, 0.5) is 0 Å². The molecule has 0 aromatic heterocycles. The fraction of sp³-hybridized carbons (Fsp3) is 1.00. The van der Waals surface area contributed by atoms with Crippen molar-refractivity contribution in [2.45, 2.75) is 24.6 Å². The molecule has 1 nitrogen and oxygen atoms in total. The summed E-state index contributed by atoms with van der Waals surface area (Å²) >= 11 is 4.97. The zero-order valence-electron chi connectivity index (χ0n) is 4.45. The molecule has 0 rings (SSSR count). The molecule has 48 valence electrons. The van der Waals surface area contributed by atoms with Crippen LogP contribution in [-0.4, -0.2) is 11.7 Å². The van der Waals surface area contributed by atoms with Crippen molar-refractivity contribution in [2.75, 3.05) is 6.61 Å². The summed E-state index contributed by atoms with van der Waals surface area (Å²) in [5.74, 6) is 0. The van der Waals surface area contributed by atoms with Gasteiger partial charge in [0.05, 0.1) is 0 Å². The van der Waals surface area contributed by atoms with Gasteiger partial charge in [0.15, 0.2) is 0 Å². The second-order valence-corrected chi connectivity index (χ2v) is 2.50. The first-order chi connectivity index (χ1) is 3.27. The van der Waals surface area contributed by atoms with Gasteiger partial charge in [-0.2, -0.15) is 0 Å². The number of rotatable bonds is 3. The van der Waals surface area contributed by atoms with Crippen LogP contribution < -0.4 is 0 Å². The Balaban J connectivity index is 2.68. The number of hydrogen-bond donors (Lipinski definition) is 1. The van der Waals surface area contributed by atoms with E-state index in [4.69, 9.17) is 21.1 Å². The molecule has 0 heterocycles. The topological polar surface area (TPSA) is 20.2 Å². The molecule has 0 saturated heterocycles. The van der Waals surface area contributed by atoms with Crippen LogP contribution in [0.1, 0.15) is 19.8 Å². The van der Waals surface area contributed by atoms with Crippen LogP contribution in [0.3, 0.4) is 0 Å². The zero-order valence-corrected chi connectivity index (χ0v) is 5.39. The van der Waals surface area contributed by atoms with E-state index in [1.54, 1.807) is 0 Å². The molecule has 0 aliphatic carbocycles. The molecule has 0 aromatic rings. The van der Waals surface area contributed by atoms with E-state index >= 15 is 0 Å². The van der Waals surface area contributed by atoms with E-state index in [1.807, 2.05) is 6.92 Å². The molecule has 0 radical (unpaired) electrons. The first-order valence-corrected chi connectivity index (χ1v) is 3.02. The van der Waals surface area contributed by atoms with E-state index < -0.39 is 0 Å². The zero-order chi connectivity index (χ0) is 5.70. The van der Waals surface area contributed by atoms with Gasteiger partial charge in [-0.25, -0.2) is 0 Å². The summed E-state index contributed by atoms with van der Waals surface area (Å²) in [7, 11) is 0. The molecule has 0 aromatic carbocycles. The second-order valence-electron chi connectivity index (χ2n) is 1.57. The summed E-state index contributed by atoms with van der Waals surface area (Å²) in [6, 6.07) is 0. The molecule has 0 bridgehead atoms. The quantitative estimate of drug-likeness (QED) is 0.598. The van der Waals surface area contributed by atoms with Gasteiger partial charge in [0.25, 0.3) is 0 Å². The maximum atomic E-state index is 8.27. The molecule has 0 fully saturated rings. The maximum absolute atomic E-state index is 8.27. The van der Waals surface area contributed by atoms with E-state index in [1.165, 1.54) is 0 Å². The molecule has 7 heavy (non-hydrogen) atoms. The average molecular weight is 151 g/mol. The molecule has 2 heteroatoms. The number of hydrogen-bond acceptors (Lipinski definition) is 1. The van der Waals surface area contributed by atoms with Crippen molar-refractivity contribution in [2.24, 2.45) is 0 Å². The molecule has 0 saturated carbocycles. The monoisotopic (exact) mass is 150 g/mol. The van der Waals surface area contributed by atoms with Gasteiger partial charge in [0.2, 0.25) is 0 Å². The predicted molar refractivity (Wildman–Crippen MR) is 25.7 cm³/mol. The van der Waals surface area contributed by atoms with E-state index in [9.17, 15) is 0 Å². The third kappa shape index (κ3) is 6.48. The van der Waals surface area contributed by atoms with Crippen molar-refractivity contribution in [3.63, 3.8) is 0 Å². The third-order valence-corrected chi connectivity index (χ3v) is 1.01. The summed E-state index contributed by atoms with van der Waals surface area (Å²) in [6.45, 7) is 2.24. The molecular formula is C5H11CuO. The molecular weight excluding hydrogens is 140 g/mol. The predicted octanol–water partition coefficient (Wildman–Crippen LogP) is 1.11. The van der Waals surface area contributed by atoms with Gasteiger partial charge < -0.3 is 0 Å². The Labute approximate surface area is 52.9 Å². The van der Waals surface area contributed by atoms with Gasteiger partial charge in [0, 0.05) is 0 Å². The summed E-state index contributed by atoms with van der Waals surface area (Å²) in [4.78, 5) is 0.305. The third-order valence-electron chi connectivity index (χ3n) is 0.738. The fourth-order valence-electron chi connectivity index (χ4n) is 0.357. The SMILES string of the molecule is C[CH]([Cu])CCCO. The van der Waals surface area contributed by atoms with Crippen LogP contribution >= 0.6 is 0 Å². The van der Waals surface area contributed by atoms with Crippen LogP contribution in [0.2, 0.25) is 4.82 Å². The van der Waals surface area contributed by atoms with E-state index in [0.717, 1.165) is 12.8 Å². The molecule has 0 spiro atoms. The van der Waals surface area contributed by atoms with Gasteiger partial charge in [-0.05, 0) is 0 Å². The van der Waals surface area contributed by atoms with Crippen molar-refractivity contribution in [1.82, 2.24) is 0 Å². The Morgan fingerprint density at radius 3 is 2.43 bits per heavy atom. The summed E-state index contributed by atoms with van der Waals surface area (Å²) in [6.07, 6.45) is 1.80. The summed E-state index contributed by atoms with van der Waals surface area (Å²) in [5.41, 5.74) is 0. The second kappa shape index (κ2) is 4.63. The van der Waals surface area contributed by atoms with E-state index in [0.29, 0.717) is 4.82 Å². The van der Waals surface area contributed by atoms with Gasteiger partial charge >= 0.3 is 52.3 Å². The molecule has 0 amide bonds. The van der Waals surface area contributed by atoms with Crippen LogP contribution in [0.25, 0.3) is 0 Å². The fourth-order valence-corrected chi connectivity index (χ4v) is 0.549. The Morgan fingerprint density at radius 2 is 2.29 bits per heavy atom. The van der Waals surface area contributed by atoms with Gasteiger partial charge in [-0.3, -0.25) is 0 Å². The van der Waals surface area contributed by atoms with Gasteiger partial charge in [0.1, 0.15) is 0 Å². The number of aliphatic hydroxyl groups excluding tert-OH is 1. The Bertz CT molecular complexity index is 37.1. The Hall–Kier alpha value is 0.479. The van der Waals surface area contributed by atoms with E-state index in [-0.39, 0.29) is 6.61 Å². The minimum absolute atomic E-state index is 0.275. The summed E-state index contributed by atoms with van der Waals surface area (Å²) in [5, 5.41) is 8.27. The molecule has 1 unspecified atom stereocenters. The standard InChI is InChI=1S/C5H11O.Cu/c1-2-3-4-5-6;/h2,6H,3-5H2,1H3;. The summed E-state index contributed by atoms with van der Waals surface area (Å²) < 4.78 is 0. The minimum atomic E-state index is 0.275. The van der Waals surface area contributed by atoms with Crippen molar-refractivity contribution < 1.29 is 21.1 Å². The van der Waals surface area contributed by atoms with Gasteiger partial charge in [-0.15, -0.1) is 0 Å². The molecule has 1 N–H and O–H groups in total. The van der Waals surface area contributed by atoms with Crippen molar-refractivity contribution in [3.8, 4) is 0 Å². The van der Waals surface area contributed by atoms with E-state index in [2.05, 4.69) is 0 Å².